The van der Waals surface area contributed by atoms with Gasteiger partial charge in [-0.15, -0.1) is 0 Å². The van der Waals surface area contributed by atoms with Gasteiger partial charge >= 0.3 is 0 Å². The predicted molar refractivity (Wildman–Crippen MR) is 70.7 cm³/mol. The third-order valence-electron chi connectivity index (χ3n) is 3.61. The molecule has 1 aliphatic carbocycles. The zero-order chi connectivity index (χ0) is 13.1. The molecular weight excluding hydrogens is 226 g/mol. The summed E-state index contributed by atoms with van der Waals surface area (Å²) in [7, 11) is 0. The molecule has 2 rings (SSSR count). The highest BCUT2D eigenvalue weighted by Crippen LogP contribution is 2.23. The quantitative estimate of drug-likeness (QED) is 0.602. The highest BCUT2D eigenvalue weighted by atomic mass is 16.2. The molecule has 96 valence electrons. The average molecular weight is 245 g/mol. The number of amides is 1. The van der Waals surface area contributed by atoms with E-state index in [1.165, 1.54) is 11.1 Å². The first-order valence-corrected chi connectivity index (χ1v) is 6.62. The van der Waals surface area contributed by atoms with Crippen molar-refractivity contribution in [1.29, 1.82) is 0 Å². The Hall–Kier alpha value is -1.64. The van der Waals surface area contributed by atoms with Crippen LogP contribution in [0.1, 0.15) is 41.8 Å². The van der Waals surface area contributed by atoms with Crippen molar-refractivity contribution in [3.8, 4) is 0 Å². The summed E-state index contributed by atoms with van der Waals surface area (Å²) in [6.07, 6.45) is 3.26. The van der Waals surface area contributed by atoms with Crippen LogP contribution in [0.5, 0.6) is 0 Å². The second-order valence-electron chi connectivity index (χ2n) is 4.64. The summed E-state index contributed by atoms with van der Waals surface area (Å²) in [5.74, 6) is -0.772. The molecule has 0 aromatic heterocycles. The van der Waals surface area contributed by atoms with Crippen LogP contribution in [0.15, 0.2) is 18.2 Å². The molecule has 3 nitrogen and oxygen atoms in total. The topological polar surface area (TPSA) is 37.4 Å². The van der Waals surface area contributed by atoms with Crippen molar-refractivity contribution in [1.82, 2.24) is 4.90 Å². The predicted octanol–water partition coefficient (Wildman–Crippen LogP) is 2.23. The van der Waals surface area contributed by atoms with Gasteiger partial charge in [0.1, 0.15) is 0 Å². The lowest BCUT2D eigenvalue weighted by molar-refractivity contribution is -0.126. The zero-order valence-corrected chi connectivity index (χ0v) is 11.0. The summed E-state index contributed by atoms with van der Waals surface area (Å²) < 4.78 is 0. The Balaban J connectivity index is 2.21. The molecule has 1 aromatic rings. The number of carbonyl (C=O) groups is 2. The van der Waals surface area contributed by atoms with Gasteiger partial charge in [-0.25, -0.2) is 0 Å². The molecule has 1 aliphatic rings. The third kappa shape index (κ3) is 2.30. The number of Topliss-reactive ketones (excluding diaryl/α,β-unsaturated/α-hetero) is 1. The van der Waals surface area contributed by atoms with Gasteiger partial charge < -0.3 is 4.90 Å². The molecule has 0 fully saturated rings. The smallest absolute Gasteiger partial charge is 0.294 e. The SMILES string of the molecule is CCN(CC)C(=O)C(=O)c1ccc2c(c1)CCC2. The van der Waals surface area contributed by atoms with E-state index >= 15 is 0 Å². The van der Waals surface area contributed by atoms with Crippen molar-refractivity contribution >= 4 is 11.7 Å². The molecule has 0 N–H and O–H groups in total. The number of ketones is 1. The summed E-state index contributed by atoms with van der Waals surface area (Å²) in [5.41, 5.74) is 3.09. The van der Waals surface area contributed by atoms with E-state index in [-0.39, 0.29) is 5.78 Å². The number of benzene rings is 1. The van der Waals surface area contributed by atoms with E-state index < -0.39 is 5.91 Å². The molecule has 0 spiro atoms. The summed E-state index contributed by atoms with van der Waals surface area (Å²) in [4.78, 5) is 25.7. The minimum Gasteiger partial charge on any atom is -0.336 e. The van der Waals surface area contributed by atoms with Gasteiger partial charge in [0, 0.05) is 18.7 Å². The molecule has 0 aliphatic heterocycles. The van der Waals surface area contributed by atoms with Gasteiger partial charge in [0.2, 0.25) is 5.78 Å². The van der Waals surface area contributed by atoms with Crippen LogP contribution in [-0.4, -0.2) is 29.7 Å². The zero-order valence-electron chi connectivity index (χ0n) is 11.0. The molecule has 0 saturated carbocycles. The highest BCUT2D eigenvalue weighted by molar-refractivity contribution is 6.42. The molecule has 0 saturated heterocycles. The second-order valence-corrected chi connectivity index (χ2v) is 4.64. The van der Waals surface area contributed by atoms with E-state index in [1.807, 2.05) is 26.0 Å². The van der Waals surface area contributed by atoms with Crippen LogP contribution >= 0.6 is 0 Å². The number of fused-ring (bicyclic) bond motifs is 1. The van der Waals surface area contributed by atoms with Crippen molar-refractivity contribution in [2.45, 2.75) is 33.1 Å². The van der Waals surface area contributed by atoms with Crippen molar-refractivity contribution < 1.29 is 9.59 Å². The largest absolute Gasteiger partial charge is 0.336 e. The lowest BCUT2D eigenvalue weighted by Gasteiger charge is -2.17. The fraction of sp³-hybridized carbons (Fsp3) is 0.467. The summed E-state index contributed by atoms with van der Waals surface area (Å²) in [5, 5.41) is 0. The molecule has 1 amide bonds. The number of hydrogen-bond donors (Lipinski definition) is 0. The molecule has 0 radical (unpaired) electrons. The molecule has 0 unspecified atom stereocenters. The first-order valence-electron chi connectivity index (χ1n) is 6.62. The number of hydrogen-bond acceptors (Lipinski definition) is 2. The number of carbonyl (C=O) groups excluding carboxylic acids is 2. The van der Waals surface area contributed by atoms with Crippen LogP contribution in [0, 0.1) is 0 Å². The normalized spacial score (nSPS) is 13.2. The van der Waals surface area contributed by atoms with Gasteiger partial charge in [-0.2, -0.15) is 0 Å². The molecule has 3 heteroatoms. The van der Waals surface area contributed by atoms with Crippen LogP contribution < -0.4 is 0 Å². The maximum Gasteiger partial charge on any atom is 0.294 e. The average Bonchev–Trinajstić information content (AvgIpc) is 2.86. The first-order chi connectivity index (χ1) is 8.67. The Kier molecular flexibility index (Phi) is 3.80. The molecule has 1 aromatic carbocycles. The minimum atomic E-state index is -0.391. The maximum absolute atomic E-state index is 12.1. The Bertz CT molecular complexity index is 475. The number of likely N-dealkylation sites (N-methyl/N-ethyl adjacent to an activating group) is 1. The highest BCUT2D eigenvalue weighted by Gasteiger charge is 2.22. The maximum atomic E-state index is 12.1. The van der Waals surface area contributed by atoms with E-state index in [0.29, 0.717) is 18.7 Å². The van der Waals surface area contributed by atoms with Crippen LogP contribution in [0.3, 0.4) is 0 Å². The lowest BCUT2D eigenvalue weighted by Crippen LogP contribution is -2.36. The molecule has 18 heavy (non-hydrogen) atoms. The molecule has 0 heterocycles. The summed E-state index contributed by atoms with van der Waals surface area (Å²) >= 11 is 0. The first kappa shape index (κ1) is 12.8. The molecular formula is C15H19NO2. The minimum absolute atomic E-state index is 0.381. The summed E-state index contributed by atoms with van der Waals surface area (Å²) in [6, 6.07) is 5.67. The van der Waals surface area contributed by atoms with Gasteiger partial charge in [-0.1, -0.05) is 12.1 Å². The van der Waals surface area contributed by atoms with Crippen molar-refractivity contribution in [3.05, 3.63) is 34.9 Å². The van der Waals surface area contributed by atoms with E-state index in [0.717, 1.165) is 19.3 Å². The van der Waals surface area contributed by atoms with Gasteiger partial charge in [-0.05, 0) is 50.3 Å². The fourth-order valence-electron chi connectivity index (χ4n) is 2.49. The van der Waals surface area contributed by atoms with E-state index in [4.69, 9.17) is 0 Å². The van der Waals surface area contributed by atoms with E-state index in [2.05, 4.69) is 0 Å². The third-order valence-corrected chi connectivity index (χ3v) is 3.61. The fourth-order valence-corrected chi connectivity index (χ4v) is 2.49. The Morgan fingerprint density at radius 3 is 2.44 bits per heavy atom. The monoisotopic (exact) mass is 245 g/mol. The van der Waals surface area contributed by atoms with Gasteiger partial charge in [0.15, 0.2) is 0 Å². The summed E-state index contributed by atoms with van der Waals surface area (Å²) in [6.45, 7) is 4.92. The van der Waals surface area contributed by atoms with Crippen LogP contribution in [0.4, 0.5) is 0 Å². The van der Waals surface area contributed by atoms with Crippen molar-refractivity contribution in [2.75, 3.05) is 13.1 Å². The number of nitrogens with zero attached hydrogens (tertiary/aromatic N) is 1. The molecule has 0 bridgehead atoms. The lowest BCUT2D eigenvalue weighted by atomic mass is 10.0. The molecule has 0 atom stereocenters. The van der Waals surface area contributed by atoms with Gasteiger partial charge in [0.05, 0.1) is 0 Å². The van der Waals surface area contributed by atoms with Crippen LogP contribution in [0.25, 0.3) is 0 Å². The van der Waals surface area contributed by atoms with Crippen molar-refractivity contribution in [2.24, 2.45) is 0 Å². The Morgan fingerprint density at radius 2 is 1.78 bits per heavy atom. The number of aryl methyl sites for hydroxylation is 2. The Labute approximate surface area is 108 Å². The van der Waals surface area contributed by atoms with Crippen LogP contribution in [-0.2, 0) is 17.6 Å². The van der Waals surface area contributed by atoms with Gasteiger partial charge in [0.25, 0.3) is 5.91 Å². The Morgan fingerprint density at radius 1 is 1.11 bits per heavy atom. The van der Waals surface area contributed by atoms with Crippen LogP contribution in [0.2, 0.25) is 0 Å². The standard InChI is InChI=1S/C15H19NO2/c1-3-16(4-2)15(18)14(17)13-9-8-11-6-5-7-12(11)10-13/h8-10H,3-7H2,1-2H3. The number of rotatable bonds is 4. The van der Waals surface area contributed by atoms with E-state index in [1.54, 1.807) is 11.0 Å². The van der Waals surface area contributed by atoms with Crippen molar-refractivity contribution in [3.63, 3.8) is 0 Å². The van der Waals surface area contributed by atoms with Gasteiger partial charge in [-0.3, -0.25) is 9.59 Å². The second kappa shape index (κ2) is 5.34. The van der Waals surface area contributed by atoms with E-state index in [9.17, 15) is 9.59 Å².